The molecule has 1 saturated heterocycles. The van der Waals surface area contributed by atoms with Gasteiger partial charge in [-0.05, 0) is 39.8 Å². The molecule has 2 aromatic rings. The Kier molecular flexibility index (Phi) is 9.26. The molecule has 1 aliphatic rings. The maximum absolute atomic E-state index is 13.6. The first-order valence-corrected chi connectivity index (χ1v) is 12.9. The van der Waals surface area contributed by atoms with Crippen molar-refractivity contribution in [3.8, 4) is 17.6 Å². The summed E-state index contributed by atoms with van der Waals surface area (Å²) in [5.41, 5.74) is -4.28. The van der Waals surface area contributed by atoms with Crippen molar-refractivity contribution in [1.29, 1.82) is 0 Å². The Morgan fingerprint density at radius 2 is 1.97 bits per heavy atom. The zero-order valence-corrected chi connectivity index (χ0v) is 21.9. The number of aliphatic hydroxyl groups is 2. The number of aromatic nitrogens is 3. The molecule has 206 valence electrons. The van der Waals surface area contributed by atoms with E-state index in [-0.39, 0.29) is 5.75 Å². The second-order valence-corrected chi connectivity index (χ2v) is 9.99. The van der Waals surface area contributed by atoms with E-state index in [1.165, 1.54) is 26.0 Å². The van der Waals surface area contributed by atoms with Crippen LogP contribution in [-0.2, 0) is 27.9 Å². The monoisotopic (exact) mass is 553 g/mol. The van der Waals surface area contributed by atoms with Crippen LogP contribution in [0.15, 0.2) is 46.2 Å². The third-order valence-electron chi connectivity index (χ3n) is 5.14. The maximum atomic E-state index is 13.6. The minimum atomic E-state index is -4.58. The number of esters is 1. The number of phosphoric acid groups is 1. The van der Waals surface area contributed by atoms with Crippen LogP contribution in [0, 0.1) is 11.8 Å². The van der Waals surface area contributed by atoms with Crippen molar-refractivity contribution in [2.75, 3.05) is 6.61 Å². The lowest BCUT2D eigenvalue weighted by molar-refractivity contribution is -0.156. The molecule has 2 heterocycles. The van der Waals surface area contributed by atoms with E-state index in [4.69, 9.17) is 23.0 Å². The minimum Gasteiger partial charge on any atom is -0.461 e. The summed E-state index contributed by atoms with van der Waals surface area (Å²) >= 11 is 0. The predicted octanol–water partition coefficient (Wildman–Crippen LogP) is 0.505. The number of hydrogen-bond donors (Lipinski definition) is 3. The van der Waals surface area contributed by atoms with Crippen LogP contribution in [0.5, 0.6) is 5.75 Å². The van der Waals surface area contributed by atoms with Crippen LogP contribution in [0.1, 0.15) is 33.9 Å². The number of aromatic amines is 1. The highest BCUT2D eigenvalue weighted by molar-refractivity contribution is 7.49. The SMILES string of the molecule is CC#CC1(O)[C@@H](O)[C@@H](COP(=O)(Oc2ccccc2)O[C@@H](C)C(=O)OC(C)C)O[C@H]1n1cnc(=O)[nH]c1=O. The van der Waals surface area contributed by atoms with Crippen LogP contribution in [-0.4, -0.2) is 67.3 Å². The molecule has 0 radical (unpaired) electrons. The zero-order chi connectivity index (χ0) is 28.1. The fourth-order valence-corrected chi connectivity index (χ4v) is 4.80. The third kappa shape index (κ3) is 6.76. The predicted molar refractivity (Wildman–Crippen MR) is 130 cm³/mol. The molecule has 14 nitrogen and oxygen atoms in total. The van der Waals surface area contributed by atoms with Gasteiger partial charge in [-0.15, -0.1) is 5.92 Å². The average Bonchev–Trinajstić information content (AvgIpc) is 3.08. The first kappa shape index (κ1) is 29.2. The number of H-pyrrole nitrogens is 1. The summed E-state index contributed by atoms with van der Waals surface area (Å²) in [6.07, 6.45) is -5.88. The van der Waals surface area contributed by atoms with Crippen LogP contribution < -0.4 is 15.9 Å². The van der Waals surface area contributed by atoms with E-state index < -0.39 is 68.0 Å². The molecule has 1 fully saturated rings. The van der Waals surface area contributed by atoms with Gasteiger partial charge in [-0.1, -0.05) is 24.1 Å². The van der Waals surface area contributed by atoms with Crippen molar-refractivity contribution in [2.45, 2.75) is 63.9 Å². The van der Waals surface area contributed by atoms with E-state index >= 15 is 0 Å². The number of hydrogen-bond acceptors (Lipinski definition) is 12. The molecular formula is C23H28N3O11P. The molecular weight excluding hydrogens is 525 g/mol. The summed E-state index contributed by atoms with van der Waals surface area (Å²) in [7, 11) is -4.58. The molecule has 38 heavy (non-hydrogen) atoms. The molecule has 0 bridgehead atoms. The number of para-hydroxylation sites is 1. The van der Waals surface area contributed by atoms with Gasteiger partial charge in [0.25, 0.3) is 0 Å². The van der Waals surface area contributed by atoms with Gasteiger partial charge in [-0.3, -0.25) is 18.6 Å². The number of aliphatic hydroxyl groups excluding tert-OH is 1. The van der Waals surface area contributed by atoms with Crippen molar-refractivity contribution in [2.24, 2.45) is 0 Å². The fraction of sp³-hybridized carbons (Fsp3) is 0.478. The summed E-state index contributed by atoms with van der Waals surface area (Å²) in [5.74, 6) is 4.11. The van der Waals surface area contributed by atoms with Crippen LogP contribution >= 0.6 is 7.82 Å². The van der Waals surface area contributed by atoms with Crippen LogP contribution in [0.25, 0.3) is 0 Å². The summed E-state index contributed by atoms with van der Waals surface area (Å²) in [5, 5.41) is 22.0. The highest BCUT2D eigenvalue weighted by Gasteiger charge is 2.56. The average molecular weight is 553 g/mol. The molecule has 1 aromatic heterocycles. The van der Waals surface area contributed by atoms with Crippen molar-refractivity contribution in [3.05, 3.63) is 57.6 Å². The normalized spacial score (nSPS) is 25.2. The smallest absolute Gasteiger partial charge is 0.461 e. The number of nitrogens with one attached hydrogen (secondary N) is 1. The van der Waals surface area contributed by atoms with Crippen molar-refractivity contribution in [1.82, 2.24) is 14.5 Å². The highest BCUT2D eigenvalue weighted by atomic mass is 31.2. The molecule has 6 atom stereocenters. The molecule has 0 aliphatic carbocycles. The molecule has 2 unspecified atom stereocenters. The van der Waals surface area contributed by atoms with Crippen molar-refractivity contribution in [3.63, 3.8) is 0 Å². The summed E-state index contributed by atoms with van der Waals surface area (Å²) in [6, 6.07) is 7.83. The Morgan fingerprint density at radius 3 is 2.58 bits per heavy atom. The molecule has 0 amide bonds. The lowest BCUT2D eigenvalue weighted by Gasteiger charge is -2.26. The van der Waals surface area contributed by atoms with E-state index in [1.54, 1.807) is 32.0 Å². The Balaban J connectivity index is 1.86. The second kappa shape index (κ2) is 12.0. The molecule has 3 rings (SSSR count). The number of benzene rings is 1. The van der Waals surface area contributed by atoms with Gasteiger partial charge in [-0.2, -0.15) is 4.98 Å². The first-order valence-electron chi connectivity index (χ1n) is 11.4. The van der Waals surface area contributed by atoms with E-state index in [9.17, 15) is 29.2 Å². The van der Waals surface area contributed by atoms with Gasteiger partial charge in [0.05, 0.1) is 12.7 Å². The molecule has 15 heteroatoms. The standard InChI is InChI=1S/C23H28N3O11P/c1-5-11-23(31)18(27)17(35-20(23)26-13-24-21(29)25-22(26)30)12-33-38(32,37-16-9-7-6-8-10-16)36-15(4)19(28)34-14(2)3/h6-10,13-15,17-18,20,27,31H,12H2,1-4H3,(H,25,29,30)/t15-,17+,18-,20+,23?,38?/m0/s1. The van der Waals surface area contributed by atoms with Crippen LogP contribution in [0.3, 0.4) is 0 Å². The number of nitrogens with zero attached hydrogens (tertiary/aromatic N) is 2. The Labute approximate surface area is 217 Å². The summed E-state index contributed by atoms with van der Waals surface area (Å²) in [6.45, 7) is 5.22. The molecule has 0 saturated carbocycles. The van der Waals surface area contributed by atoms with Crippen LogP contribution in [0.4, 0.5) is 0 Å². The molecule has 1 aromatic carbocycles. The maximum Gasteiger partial charge on any atom is 0.530 e. The number of ether oxygens (including phenoxy) is 2. The Hall–Kier alpha value is -3.31. The van der Waals surface area contributed by atoms with Crippen molar-refractivity contribution >= 4 is 13.8 Å². The van der Waals surface area contributed by atoms with E-state index in [1.807, 2.05) is 4.98 Å². The van der Waals surface area contributed by atoms with Crippen LogP contribution in [0.2, 0.25) is 0 Å². The molecule has 0 spiro atoms. The Bertz CT molecular complexity index is 1350. The lowest BCUT2D eigenvalue weighted by Crippen LogP contribution is -2.48. The Morgan fingerprint density at radius 1 is 1.29 bits per heavy atom. The number of carbonyl (C=O) groups excluding carboxylic acids is 1. The third-order valence-corrected chi connectivity index (χ3v) is 6.61. The van der Waals surface area contributed by atoms with Gasteiger partial charge in [0.2, 0.25) is 0 Å². The summed E-state index contributed by atoms with van der Waals surface area (Å²) < 4.78 is 41.2. The van der Waals surface area contributed by atoms with Gasteiger partial charge < -0.3 is 24.2 Å². The first-order chi connectivity index (χ1) is 17.9. The van der Waals surface area contributed by atoms with E-state index in [0.29, 0.717) is 0 Å². The molecule has 1 aliphatic heterocycles. The van der Waals surface area contributed by atoms with Crippen molar-refractivity contribution < 1.29 is 42.6 Å². The number of phosphoric ester groups is 1. The fourth-order valence-electron chi connectivity index (χ4n) is 3.46. The lowest BCUT2D eigenvalue weighted by atomic mass is 9.94. The number of rotatable bonds is 10. The van der Waals surface area contributed by atoms with Gasteiger partial charge >= 0.3 is 25.2 Å². The largest absolute Gasteiger partial charge is 0.530 e. The quantitative estimate of drug-likeness (QED) is 0.210. The van der Waals surface area contributed by atoms with E-state index in [0.717, 1.165) is 10.9 Å². The summed E-state index contributed by atoms with van der Waals surface area (Å²) in [4.78, 5) is 41.3. The van der Waals surface area contributed by atoms with Gasteiger partial charge in [0, 0.05) is 0 Å². The second-order valence-electron chi connectivity index (χ2n) is 8.44. The van der Waals surface area contributed by atoms with Gasteiger partial charge in [0.1, 0.15) is 24.3 Å². The van der Waals surface area contributed by atoms with Gasteiger partial charge in [-0.25, -0.2) is 18.9 Å². The topological polar surface area (TPSA) is 188 Å². The minimum absolute atomic E-state index is 0.0882. The molecule has 3 N–H and O–H groups in total. The van der Waals surface area contributed by atoms with E-state index in [2.05, 4.69) is 16.8 Å². The highest BCUT2D eigenvalue weighted by Crippen LogP contribution is 2.51. The van der Waals surface area contributed by atoms with Gasteiger partial charge in [0.15, 0.2) is 17.9 Å². The number of carbonyl (C=O) groups is 1. The zero-order valence-electron chi connectivity index (χ0n) is 21.0.